The van der Waals surface area contributed by atoms with E-state index in [4.69, 9.17) is 18.0 Å². The minimum absolute atomic E-state index is 0.311. The van der Waals surface area contributed by atoms with Crippen LogP contribution in [-0.4, -0.2) is 15.2 Å². The van der Waals surface area contributed by atoms with Gasteiger partial charge in [-0.15, -0.1) is 5.10 Å². The zero-order chi connectivity index (χ0) is 13.7. The molecular formula is C14H16N4S. The molecule has 3 N–H and O–H groups in total. The third-order valence-corrected chi connectivity index (χ3v) is 3.00. The highest BCUT2D eigenvalue weighted by Gasteiger charge is 2.08. The predicted octanol–water partition coefficient (Wildman–Crippen LogP) is 2.81. The van der Waals surface area contributed by atoms with Gasteiger partial charge in [0.25, 0.3) is 0 Å². The number of thiocarbonyl (C=S) groups is 1. The van der Waals surface area contributed by atoms with Crippen LogP contribution in [0.5, 0.6) is 0 Å². The molecule has 0 aliphatic rings. The Bertz CT molecular complexity index is 583. The molecule has 0 amide bonds. The maximum atomic E-state index is 5.69. The van der Waals surface area contributed by atoms with Crippen molar-refractivity contribution >= 4 is 28.7 Å². The minimum atomic E-state index is 0.311. The number of hydrogen-bond acceptors (Lipinski definition) is 4. The van der Waals surface area contributed by atoms with Gasteiger partial charge in [0.15, 0.2) is 5.82 Å². The summed E-state index contributed by atoms with van der Waals surface area (Å²) in [6.07, 6.45) is 3.67. The number of nitrogens with one attached hydrogen (secondary N) is 1. The van der Waals surface area contributed by atoms with Gasteiger partial charge in [0.1, 0.15) is 4.99 Å². The van der Waals surface area contributed by atoms with Crippen molar-refractivity contribution in [3.05, 3.63) is 47.7 Å². The lowest BCUT2D eigenvalue weighted by atomic mass is 10.1. The van der Waals surface area contributed by atoms with Gasteiger partial charge in [0.2, 0.25) is 0 Å². The first-order valence-corrected chi connectivity index (χ1v) is 6.59. The number of nitrogens with two attached hydrogens (primary N) is 1. The van der Waals surface area contributed by atoms with Crippen LogP contribution in [0, 0.1) is 0 Å². The summed E-state index contributed by atoms with van der Waals surface area (Å²) in [6.45, 7) is 2.15. The monoisotopic (exact) mass is 272 g/mol. The fourth-order valence-corrected chi connectivity index (χ4v) is 2.04. The van der Waals surface area contributed by atoms with E-state index in [0.717, 1.165) is 18.5 Å². The quantitative estimate of drug-likeness (QED) is 0.819. The second-order valence-corrected chi connectivity index (χ2v) is 4.63. The summed E-state index contributed by atoms with van der Waals surface area (Å²) in [7, 11) is 0. The lowest BCUT2D eigenvalue weighted by molar-refractivity contribution is 0.922. The van der Waals surface area contributed by atoms with Crippen molar-refractivity contribution in [3.8, 4) is 0 Å². The molecule has 0 radical (unpaired) electrons. The van der Waals surface area contributed by atoms with Gasteiger partial charge < -0.3 is 11.1 Å². The van der Waals surface area contributed by atoms with Crippen LogP contribution in [0.3, 0.4) is 0 Å². The number of anilines is 2. The summed E-state index contributed by atoms with van der Waals surface area (Å²) < 4.78 is 0. The Morgan fingerprint density at radius 1 is 1.32 bits per heavy atom. The van der Waals surface area contributed by atoms with E-state index in [9.17, 15) is 0 Å². The van der Waals surface area contributed by atoms with Gasteiger partial charge in [0, 0.05) is 5.69 Å². The van der Waals surface area contributed by atoms with E-state index in [1.54, 1.807) is 12.3 Å². The van der Waals surface area contributed by atoms with Crippen LogP contribution in [-0.2, 0) is 6.42 Å². The lowest BCUT2D eigenvalue weighted by Crippen LogP contribution is -2.13. The van der Waals surface area contributed by atoms with Gasteiger partial charge >= 0.3 is 0 Å². The molecule has 0 saturated heterocycles. The van der Waals surface area contributed by atoms with E-state index in [2.05, 4.69) is 28.5 Å². The normalized spacial score (nSPS) is 10.2. The Labute approximate surface area is 118 Å². The van der Waals surface area contributed by atoms with Gasteiger partial charge in [-0.25, -0.2) is 0 Å². The summed E-state index contributed by atoms with van der Waals surface area (Å²) >= 11 is 5.02. The highest BCUT2D eigenvalue weighted by molar-refractivity contribution is 7.80. The van der Waals surface area contributed by atoms with Gasteiger partial charge in [-0.1, -0.05) is 43.8 Å². The average Bonchev–Trinajstić information content (AvgIpc) is 2.42. The highest BCUT2D eigenvalue weighted by Crippen LogP contribution is 2.22. The molecule has 0 bridgehead atoms. The van der Waals surface area contributed by atoms with Gasteiger partial charge in [-0.3, -0.25) is 0 Å². The Morgan fingerprint density at radius 2 is 2.11 bits per heavy atom. The molecule has 2 rings (SSSR count). The number of aromatic nitrogens is 2. The van der Waals surface area contributed by atoms with Crippen molar-refractivity contribution < 1.29 is 0 Å². The molecule has 0 saturated carbocycles. The summed E-state index contributed by atoms with van der Waals surface area (Å²) in [6, 6.07) is 9.89. The number of benzene rings is 1. The van der Waals surface area contributed by atoms with Crippen LogP contribution in [0.4, 0.5) is 11.5 Å². The van der Waals surface area contributed by atoms with Crippen molar-refractivity contribution in [1.29, 1.82) is 0 Å². The number of rotatable bonds is 5. The van der Waals surface area contributed by atoms with Crippen molar-refractivity contribution in [1.82, 2.24) is 10.2 Å². The van der Waals surface area contributed by atoms with E-state index in [1.165, 1.54) is 5.56 Å². The van der Waals surface area contributed by atoms with Crippen molar-refractivity contribution in [2.75, 3.05) is 5.32 Å². The topological polar surface area (TPSA) is 63.8 Å². The molecule has 0 fully saturated rings. The largest absolute Gasteiger partial charge is 0.389 e. The van der Waals surface area contributed by atoms with Crippen LogP contribution >= 0.6 is 12.2 Å². The molecule has 0 aliphatic carbocycles. The van der Waals surface area contributed by atoms with Crippen LogP contribution in [0.2, 0.25) is 0 Å². The zero-order valence-corrected chi connectivity index (χ0v) is 11.6. The first kappa shape index (κ1) is 13.4. The summed E-state index contributed by atoms with van der Waals surface area (Å²) in [5.74, 6) is 0.596. The molecule has 0 unspecified atom stereocenters. The standard InChI is InChI=1S/C14H16N4S/c1-2-5-10-6-3-4-7-12(10)17-14-11(13(15)19)8-9-16-18-14/h3-4,6-9H,2,5H2,1H3,(H2,15,19)(H,17,18). The molecule has 0 aliphatic heterocycles. The molecule has 0 atom stereocenters. The minimum Gasteiger partial charge on any atom is -0.389 e. The van der Waals surface area contributed by atoms with Crippen LogP contribution < -0.4 is 11.1 Å². The Morgan fingerprint density at radius 3 is 2.84 bits per heavy atom. The highest BCUT2D eigenvalue weighted by atomic mass is 32.1. The predicted molar refractivity (Wildman–Crippen MR) is 81.6 cm³/mol. The molecule has 1 aromatic carbocycles. The van der Waals surface area contributed by atoms with E-state index in [-0.39, 0.29) is 0 Å². The fraction of sp³-hybridized carbons (Fsp3) is 0.214. The van der Waals surface area contributed by atoms with E-state index in [0.29, 0.717) is 16.4 Å². The molecule has 0 spiro atoms. The van der Waals surface area contributed by atoms with Gasteiger partial charge in [-0.05, 0) is 24.1 Å². The van der Waals surface area contributed by atoms with Gasteiger partial charge in [0.05, 0.1) is 11.8 Å². The summed E-state index contributed by atoms with van der Waals surface area (Å²) in [5.41, 5.74) is 8.65. The van der Waals surface area contributed by atoms with E-state index >= 15 is 0 Å². The first-order chi connectivity index (χ1) is 9.22. The average molecular weight is 272 g/mol. The third-order valence-electron chi connectivity index (χ3n) is 2.78. The first-order valence-electron chi connectivity index (χ1n) is 6.18. The molecule has 1 heterocycles. The van der Waals surface area contributed by atoms with Crippen molar-refractivity contribution in [3.63, 3.8) is 0 Å². The Balaban J connectivity index is 2.34. The smallest absolute Gasteiger partial charge is 0.163 e. The van der Waals surface area contributed by atoms with E-state index in [1.807, 2.05) is 18.2 Å². The van der Waals surface area contributed by atoms with Crippen LogP contribution in [0.15, 0.2) is 36.5 Å². The number of para-hydroxylation sites is 1. The molecule has 4 nitrogen and oxygen atoms in total. The Hall–Kier alpha value is -2.01. The van der Waals surface area contributed by atoms with Crippen molar-refractivity contribution in [2.24, 2.45) is 5.73 Å². The molecule has 2 aromatic rings. The Kier molecular flexibility index (Phi) is 4.41. The number of aryl methyl sites for hydroxylation is 1. The molecular weight excluding hydrogens is 256 g/mol. The third kappa shape index (κ3) is 3.26. The zero-order valence-electron chi connectivity index (χ0n) is 10.8. The van der Waals surface area contributed by atoms with Gasteiger partial charge in [-0.2, -0.15) is 5.10 Å². The number of nitrogens with zero attached hydrogens (tertiary/aromatic N) is 2. The molecule has 98 valence electrons. The molecule has 19 heavy (non-hydrogen) atoms. The van der Waals surface area contributed by atoms with Crippen LogP contribution in [0.25, 0.3) is 0 Å². The maximum absolute atomic E-state index is 5.69. The second kappa shape index (κ2) is 6.24. The van der Waals surface area contributed by atoms with E-state index < -0.39 is 0 Å². The summed E-state index contributed by atoms with van der Waals surface area (Å²) in [5, 5.41) is 11.2. The van der Waals surface area contributed by atoms with Crippen LogP contribution in [0.1, 0.15) is 24.5 Å². The molecule has 5 heteroatoms. The van der Waals surface area contributed by atoms with Crippen molar-refractivity contribution in [2.45, 2.75) is 19.8 Å². The summed E-state index contributed by atoms with van der Waals surface area (Å²) in [4.78, 5) is 0.311. The fourth-order valence-electron chi connectivity index (χ4n) is 1.88. The second-order valence-electron chi connectivity index (χ2n) is 4.19. The maximum Gasteiger partial charge on any atom is 0.163 e. The number of hydrogen-bond donors (Lipinski definition) is 2. The lowest BCUT2D eigenvalue weighted by Gasteiger charge is -2.12. The SMILES string of the molecule is CCCc1ccccc1Nc1nnccc1C(N)=S. The molecule has 1 aromatic heterocycles.